The molecule has 2 aliphatic heterocycles. The average Bonchev–Trinajstić information content (AvgIpc) is 2.94. The highest BCUT2D eigenvalue weighted by molar-refractivity contribution is 6.01. The Hall–Kier alpha value is -4.58. The molecule has 3 aromatic rings. The first kappa shape index (κ1) is 28.9. The molecule has 12 heteroatoms. The monoisotopic (exact) mass is 574 g/mol. The SMILES string of the molecule is COc1cc(N2CCN(C)CC2)ccc1Nc1ncc2c(n1)N(c1cccc(N(C(=O)O)C(C)(C)C)c1)C(=O)N(C)C2. The van der Waals surface area contributed by atoms with Crippen LogP contribution in [0.2, 0.25) is 0 Å². The fourth-order valence-electron chi connectivity index (χ4n) is 5.30. The van der Waals surface area contributed by atoms with Crippen molar-refractivity contribution in [3.8, 4) is 5.75 Å². The van der Waals surface area contributed by atoms with Crippen molar-refractivity contribution >= 4 is 46.6 Å². The van der Waals surface area contributed by atoms with E-state index in [0.717, 1.165) is 37.4 Å². The Kier molecular flexibility index (Phi) is 7.83. The third kappa shape index (κ3) is 5.75. The summed E-state index contributed by atoms with van der Waals surface area (Å²) in [7, 11) is 5.46. The van der Waals surface area contributed by atoms with Gasteiger partial charge in [0.25, 0.3) is 0 Å². The van der Waals surface area contributed by atoms with Crippen LogP contribution >= 0.6 is 0 Å². The number of nitrogens with one attached hydrogen (secondary N) is 1. The zero-order valence-corrected chi connectivity index (χ0v) is 25.0. The zero-order chi connectivity index (χ0) is 30.2. The quantitative estimate of drug-likeness (QED) is 0.421. The first-order valence-corrected chi connectivity index (χ1v) is 13.9. The van der Waals surface area contributed by atoms with E-state index in [2.05, 4.69) is 27.1 Å². The molecule has 42 heavy (non-hydrogen) atoms. The second kappa shape index (κ2) is 11.4. The van der Waals surface area contributed by atoms with Gasteiger partial charge in [-0.1, -0.05) is 6.07 Å². The molecular formula is C30H38N8O4. The number of benzene rings is 2. The summed E-state index contributed by atoms with van der Waals surface area (Å²) in [5.74, 6) is 1.39. The number of hydrogen-bond donors (Lipinski definition) is 2. The van der Waals surface area contributed by atoms with E-state index >= 15 is 0 Å². The number of hydrogen-bond acceptors (Lipinski definition) is 8. The fourth-order valence-corrected chi connectivity index (χ4v) is 5.30. The van der Waals surface area contributed by atoms with Gasteiger partial charge < -0.3 is 29.9 Å². The normalized spacial score (nSPS) is 15.9. The number of methoxy groups -OCH3 is 1. The van der Waals surface area contributed by atoms with E-state index in [-0.39, 0.29) is 6.03 Å². The molecular weight excluding hydrogens is 536 g/mol. The lowest BCUT2D eigenvalue weighted by molar-refractivity contribution is 0.195. The van der Waals surface area contributed by atoms with E-state index in [1.54, 1.807) is 49.5 Å². The number of anilines is 6. The van der Waals surface area contributed by atoms with Gasteiger partial charge in [0.1, 0.15) is 5.75 Å². The van der Waals surface area contributed by atoms with E-state index in [1.807, 2.05) is 39.0 Å². The highest BCUT2D eigenvalue weighted by atomic mass is 16.5. The minimum absolute atomic E-state index is 0.281. The maximum Gasteiger partial charge on any atom is 0.412 e. The highest BCUT2D eigenvalue weighted by Gasteiger charge is 2.33. The van der Waals surface area contributed by atoms with Crippen molar-refractivity contribution in [2.24, 2.45) is 0 Å². The molecule has 3 amide bonds. The largest absolute Gasteiger partial charge is 0.494 e. The van der Waals surface area contributed by atoms with Crippen LogP contribution in [0.4, 0.5) is 44.1 Å². The Balaban J connectivity index is 1.47. The summed E-state index contributed by atoms with van der Waals surface area (Å²) in [4.78, 5) is 43.9. The fraction of sp³-hybridized carbons (Fsp3) is 0.400. The van der Waals surface area contributed by atoms with Gasteiger partial charge in [0.15, 0.2) is 5.82 Å². The van der Waals surface area contributed by atoms with Gasteiger partial charge in [0, 0.05) is 68.0 Å². The number of rotatable bonds is 6. The number of likely N-dealkylation sites (N-methyl/N-ethyl adjacent to an activating group) is 1. The molecule has 0 atom stereocenters. The summed E-state index contributed by atoms with van der Waals surface area (Å²) in [6.07, 6.45) is 0.623. The molecule has 2 aromatic carbocycles. The summed E-state index contributed by atoms with van der Waals surface area (Å²) in [5, 5.41) is 13.2. The number of urea groups is 1. The summed E-state index contributed by atoms with van der Waals surface area (Å²) < 4.78 is 5.71. The van der Waals surface area contributed by atoms with Gasteiger partial charge in [-0.25, -0.2) is 19.5 Å². The summed E-state index contributed by atoms with van der Waals surface area (Å²) >= 11 is 0. The summed E-state index contributed by atoms with van der Waals surface area (Å²) in [6.45, 7) is 9.70. The Morgan fingerprint density at radius 1 is 1.05 bits per heavy atom. The number of ether oxygens (including phenoxy) is 1. The van der Waals surface area contributed by atoms with Gasteiger partial charge in [0.2, 0.25) is 5.95 Å². The Labute approximate surface area is 246 Å². The number of carbonyl (C=O) groups excluding carboxylic acids is 1. The minimum Gasteiger partial charge on any atom is -0.494 e. The third-order valence-electron chi connectivity index (χ3n) is 7.49. The van der Waals surface area contributed by atoms with Crippen LogP contribution in [0.3, 0.4) is 0 Å². The molecule has 0 aliphatic carbocycles. The molecule has 0 saturated carbocycles. The van der Waals surface area contributed by atoms with Crippen LogP contribution in [-0.4, -0.2) is 89.9 Å². The molecule has 3 heterocycles. The third-order valence-corrected chi connectivity index (χ3v) is 7.49. The van der Waals surface area contributed by atoms with E-state index in [9.17, 15) is 14.7 Å². The van der Waals surface area contributed by atoms with Crippen LogP contribution in [-0.2, 0) is 6.54 Å². The van der Waals surface area contributed by atoms with Crippen molar-refractivity contribution in [3.63, 3.8) is 0 Å². The lowest BCUT2D eigenvalue weighted by atomic mass is 10.1. The molecule has 0 radical (unpaired) electrons. The molecule has 2 aliphatic rings. The van der Waals surface area contributed by atoms with Crippen LogP contribution < -0.4 is 24.8 Å². The van der Waals surface area contributed by atoms with Crippen LogP contribution in [0.15, 0.2) is 48.7 Å². The van der Waals surface area contributed by atoms with Crippen LogP contribution in [0.1, 0.15) is 26.3 Å². The van der Waals surface area contributed by atoms with Crippen molar-refractivity contribution in [1.29, 1.82) is 0 Å². The second-order valence-electron chi connectivity index (χ2n) is 11.6. The van der Waals surface area contributed by atoms with E-state index < -0.39 is 11.6 Å². The lowest BCUT2D eigenvalue weighted by Crippen LogP contribution is -2.45. The second-order valence-corrected chi connectivity index (χ2v) is 11.6. The van der Waals surface area contributed by atoms with Gasteiger partial charge in [-0.3, -0.25) is 4.90 Å². The number of amides is 3. The number of carboxylic acid groups (broad SMARTS) is 1. The molecule has 0 bridgehead atoms. The van der Waals surface area contributed by atoms with Gasteiger partial charge in [-0.15, -0.1) is 0 Å². The molecule has 12 nitrogen and oxygen atoms in total. The average molecular weight is 575 g/mol. The van der Waals surface area contributed by atoms with Crippen LogP contribution in [0, 0.1) is 0 Å². The maximum atomic E-state index is 13.5. The topological polar surface area (TPSA) is 118 Å². The molecule has 1 aromatic heterocycles. The maximum absolute atomic E-state index is 13.5. The van der Waals surface area contributed by atoms with E-state index in [1.165, 1.54) is 9.80 Å². The van der Waals surface area contributed by atoms with Gasteiger partial charge in [-0.05, 0) is 58.2 Å². The van der Waals surface area contributed by atoms with Crippen molar-refractivity contribution in [2.45, 2.75) is 32.9 Å². The Morgan fingerprint density at radius 3 is 2.45 bits per heavy atom. The van der Waals surface area contributed by atoms with Crippen molar-refractivity contribution in [1.82, 2.24) is 19.8 Å². The number of fused-ring (bicyclic) bond motifs is 1. The standard InChI is InChI=1S/C30H38N8O4/c1-30(2,3)38(29(40)41)23-9-7-8-22(16-23)37-26-20(19-35(5)28(37)39)18-31-27(33-26)32-24-11-10-21(17-25(24)42-6)36-14-12-34(4)13-15-36/h7-11,16-18H,12-15,19H2,1-6H3,(H,40,41)(H,31,32,33). The molecule has 222 valence electrons. The van der Waals surface area contributed by atoms with Gasteiger partial charge >= 0.3 is 12.1 Å². The first-order valence-electron chi connectivity index (χ1n) is 13.9. The van der Waals surface area contributed by atoms with Gasteiger partial charge in [-0.2, -0.15) is 4.98 Å². The molecule has 2 N–H and O–H groups in total. The van der Waals surface area contributed by atoms with Crippen molar-refractivity contribution in [3.05, 3.63) is 54.2 Å². The zero-order valence-electron chi connectivity index (χ0n) is 25.0. The number of aromatic nitrogens is 2. The van der Waals surface area contributed by atoms with Crippen molar-refractivity contribution < 1.29 is 19.4 Å². The molecule has 0 unspecified atom stereocenters. The van der Waals surface area contributed by atoms with Crippen LogP contribution in [0.5, 0.6) is 5.75 Å². The number of carbonyl (C=O) groups is 2. The van der Waals surface area contributed by atoms with Crippen LogP contribution in [0.25, 0.3) is 0 Å². The molecule has 5 rings (SSSR count). The Morgan fingerprint density at radius 2 is 1.79 bits per heavy atom. The Bertz CT molecular complexity index is 1480. The van der Waals surface area contributed by atoms with Gasteiger partial charge in [0.05, 0.1) is 25.0 Å². The molecule has 1 saturated heterocycles. The smallest absolute Gasteiger partial charge is 0.412 e. The predicted molar refractivity (Wildman–Crippen MR) is 164 cm³/mol. The van der Waals surface area contributed by atoms with Crippen molar-refractivity contribution in [2.75, 3.05) is 67.4 Å². The summed E-state index contributed by atoms with van der Waals surface area (Å²) in [5.41, 5.74) is 2.81. The number of piperazine rings is 1. The minimum atomic E-state index is -1.08. The summed E-state index contributed by atoms with van der Waals surface area (Å²) in [6, 6.07) is 12.6. The highest BCUT2D eigenvalue weighted by Crippen LogP contribution is 2.37. The number of nitrogens with zero attached hydrogens (tertiary/aromatic N) is 7. The first-order chi connectivity index (χ1) is 20.0. The predicted octanol–water partition coefficient (Wildman–Crippen LogP) is 4.97. The van der Waals surface area contributed by atoms with E-state index in [4.69, 9.17) is 9.72 Å². The molecule has 1 fully saturated rings. The lowest BCUT2D eigenvalue weighted by Gasteiger charge is -2.36. The van der Waals surface area contributed by atoms with E-state index in [0.29, 0.717) is 41.1 Å². The molecule has 0 spiro atoms.